The van der Waals surface area contributed by atoms with Gasteiger partial charge in [0, 0.05) is 25.0 Å². The highest BCUT2D eigenvalue weighted by Crippen LogP contribution is 2.26. The monoisotopic (exact) mass is 262 g/mol. The summed E-state index contributed by atoms with van der Waals surface area (Å²) in [7, 11) is 2.06. The maximum atomic E-state index is 12.4. The maximum Gasteiger partial charge on any atom is 0.237 e. The highest BCUT2D eigenvalue weighted by Gasteiger charge is 2.32. The molecule has 0 spiro atoms. The molecule has 2 heterocycles. The molecule has 0 radical (unpaired) electrons. The fraction of sp³-hybridized carbons (Fsp3) is 0.714. The molecule has 1 aliphatic carbocycles. The smallest absolute Gasteiger partial charge is 0.237 e. The lowest BCUT2D eigenvalue weighted by Crippen LogP contribution is -2.43. The van der Waals surface area contributed by atoms with Crippen LogP contribution in [0.15, 0.2) is 18.5 Å². The highest BCUT2D eigenvalue weighted by molar-refractivity contribution is 5.79. The number of carbonyl (C=O) groups is 1. The lowest BCUT2D eigenvalue weighted by molar-refractivity contribution is -0.133. The lowest BCUT2D eigenvalue weighted by Gasteiger charge is -2.27. The SMILES string of the molecule is CN(CC(=O)N1CCC[C@H]1Cn1cccn1)C1CC1. The number of hydrogen-bond donors (Lipinski definition) is 0. The van der Waals surface area contributed by atoms with E-state index < -0.39 is 0 Å². The third kappa shape index (κ3) is 2.97. The largest absolute Gasteiger partial charge is 0.337 e. The van der Waals surface area contributed by atoms with E-state index in [0.717, 1.165) is 25.9 Å². The third-order valence-electron chi connectivity index (χ3n) is 4.21. The molecule has 1 saturated carbocycles. The van der Waals surface area contributed by atoms with Crippen LogP contribution >= 0.6 is 0 Å². The molecule has 0 bridgehead atoms. The molecule has 1 atom stereocenters. The number of likely N-dealkylation sites (tertiary alicyclic amines) is 1. The van der Waals surface area contributed by atoms with Gasteiger partial charge >= 0.3 is 0 Å². The predicted molar refractivity (Wildman–Crippen MR) is 72.6 cm³/mol. The van der Waals surface area contributed by atoms with Crippen LogP contribution in [0.25, 0.3) is 0 Å². The van der Waals surface area contributed by atoms with Crippen LogP contribution in [0.3, 0.4) is 0 Å². The average molecular weight is 262 g/mol. The zero-order valence-corrected chi connectivity index (χ0v) is 11.5. The summed E-state index contributed by atoms with van der Waals surface area (Å²) in [5, 5.41) is 4.24. The second-order valence-electron chi connectivity index (χ2n) is 5.76. The van der Waals surface area contributed by atoms with Crippen LogP contribution < -0.4 is 0 Å². The molecule has 104 valence electrons. The first-order valence-electron chi connectivity index (χ1n) is 7.21. The number of hydrogen-bond acceptors (Lipinski definition) is 3. The van der Waals surface area contributed by atoms with Gasteiger partial charge in [-0.15, -0.1) is 0 Å². The second kappa shape index (κ2) is 5.33. The predicted octanol–water partition coefficient (Wildman–Crippen LogP) is 0.968. The zero-order valence-electron chi connectivity index (χ0n) is 11.5. The van der Waals surface area contributed by atoms with Crippen LogP contribution in [0.2, 0.25) is 0 Å². The Hall–Kier alpha value is -1.36. The maximum absolute atomic E-state index is 12.4. The van der Waals surface area contributed by atoms with Gasteiger partial charge < -0.3 is 4.90 Å². The summed E-state index contributed by atoms with van der Waals surface area (Å²) in [6.07, 6.45) is 8.48. The van der Waals surface area contributed by atoms with E-state index in [1.165, 1.54) is 12.8 Å². The minimum atomic E-state index is 0.282. The van der Waals surface area contributed by atoms with Crippen LogP contribution in [0, 0.1) is 0 Å². The molecule has 1 amide bonds. The van der Waals surface area contributed by atoms with Crippen LogP contribution in [0.1, 0.15) is 25.7 Å². The van der Waals surface area contributed by atoms with Crippen LogP contribution in [0.4, 0.5) is 0 Å². The van der Waals surface area contributed by atoms with Crippen molar-refractivity contribution >= 4 is 5.91 Å². The number of rotatable bonds is 5. The van der Waals surface area contributed by atoms with Gasteiger partial charge in [0.05, 0.1) is 19.1 Å². The Morgan fingerprint density at radius 1 is 1.42 bits per heavy atom. The van der Waals surface area contributed by atoms with Crippen molar-refractivity contribution in [2.75, 3.05) is 20.1 Å². The first-order valence-corrected chi connectivity index (χ1v) is 7.21. The van der Waals surface area contributed by atoms with E-state index in [4.69, 9.17) is 0 Å². The number of nitrogens with zero attached hydrogens (tertiary/aromatic N) is 4. The molecular weight excluding hydrogens is 240 g/mol. The van der Waals surface area contributed by atoms with Crippen molar-refractivity contribution in [2.45, 2.75) is 44.3 Å². The van der Waals surface area contributed by atoms with Gasteiger partial charge in [-0.25, -0.2) is 0 Å². The molecule has 2 aliphatic rings. The fourth-order valence-electron chi connectivity index (χ4n) is 2.93. The van der Waals surface area contributed by atoms with Crippen molar-refractivity contribution in [1.29, 1.82) is 0 Å². The first-order chi connectivity index (χ1) is 9.24. The highest BCUT2D eigenvalue weighted by atomic mass is 16.2. The molecule has 1 aromatic rings. The summed E-state index contributed by atoms with van der Waals surface area (Å²) in [5.74, 6) is 0.282. The van der Waals surface area contributed by atoms with E-state index in [0.29, 0.717) is 18.6 Å². The molecule has 3 rings (SSSR count). The number of aromatic nitrogens is 2. The molecule has 0 aromatic carbocycles. The van der Waals surface area contributed by atoms with E-state index in [9.17, 15) is 4.79 Å². The van der Waals surface area contributed by atoms with Crippen molar-refractivity contribution < 1.29 is 4.79 Å². The van der Waals surface area contributed by atoms with Crippen LogP contribution in [0.5, 0.6) is 0 Å². The Kier molecular flexibility index (Phi) is 3.55. The van der Waals surface area contributed by atoms with Gasteiger partial charge in [-0.2, -0.15) is 5.10 Å². The Bertz CT molecular complexity index is 427. The molecule has 5 nitrogen and oxygen atoms in total. The molecule has 1 aliphatic heterocycles. The average Bonchev–Trinajstić information content (AvgIpc) is 2.93. The number of carbonyl (C=O) groups excluding carboxylic acids is 1. The normalized spacial score (nSPS) is 23.3. The van der Waals surface area contributed by atoms with Gasteiger partial charge in [-0.3, -0.25) is 14.4 Å². The van der Waals surface area contributed by atoms with Gasteiger partial charge in [0.25, 0.3) is 0 Å². The quantitative estimate of drug-likeness (QED) is 0.794. The van der Waals surface area contributed by atoms with E-state index in [1.807, 2.05) is 16.9 Å². The molecule has 2 fully saturated rings. The summed E-state index contributed by atoms with van der Waals surface area (Å²) in [5.41, 5.74) is 0. The third-order valence-corrected chi connectivity index (χ3v) is 4.21. The van der Waals surface area contributed by atoms with Gasteiger partial charge in [-0.1, -0.05) is 0 Å². The molecule has 19 heavy (non-hydrogen) atoms. The molecule has 1 saturated heterocycles. The minimum Gasteiger partial charge on any atom is -0.337 e. The topological polar surface area (TPSA) is 41.4 Å². The number of amides is 1. The first kappa shape index (κ1) is 12.7. The van der Waals surface area contributed by atoms with Crippen LogP contribution in [-0.2, 0) is 11.3 Å². The summed E-state index contributed by atoms with van der Waals surface area (Å²) in [4.78, 5) is 16.6. The van der Waals surface area contributed by atoms with Crippen molar-refractivity contribution in [2.24, 2.45) is 0 Å². The summed E-state index contributed by atoms with van der Waals surface area (Å²) in [6.45, 7) is 2.30. The van der Waals surface area contributed by atoms with Gasteiger partial charge in [0.2, 0.25) is 5.91 Å². The Labute approximate surface area is 114 Å². The molecule has 0 N–H and O–H groups in total. The molecule has 0 unspecified atom stereocenters. The number of likely N-dealkylation sites (N-methyl/N-ethyl adjacent to an activating group) is 1. The van der Waals surface area contributed by atoms with E-state index >= 15 is 0 Å². The van der Waals surface area contributed by atoms with E-state index in [2.05, 4.69) is 21.9 Å². The summed E-state index contributed by atoms with van der Waals surface area (Å²) < 4.78 is 1.93. The van der Waals surface area contributed by atoms with Crippen molar-refractivity contribution in [3.8, 4) is 0 Å². The summed E-state index contributed by atoms with van der Waals surface area (Å²) >= 11 is 0. The lowest BCUT2D eigenvalue weighted by atomic mass is 10.2. The van der Waals surface area contributed by atoms with E-state index in [-0.39, 0.29) is 5.91 Å². The van der Waals surface area contributed by atoms with Gasteiger partial charge in [0.15, 0.2) is 0 Å². The molecule has 1 aromatic heterocycles. The van der Waals surface area contributed by atoms with E-state index in [1.54, 1.807) is 6.20 Å². The minimum absolute atomic E-state index is 0.282. The van der Waals surface area contributed by atoms with Crippen molar-refractivity contribution in [3.63, 3.8) is 0 Å². The molecule has 5 heteroatoms. The second-order valence-corrected chi connectivity index (χ2v) is 5.76. The standard InChI is InChI=1S/C14H22N4O/c1-16(12-5-6-12)11-14(19)18-9-2-4-13(18)10-17-8-3-7-15-17/h3,7-8,12-13H,2,4-6,9-11H2,1H3/t13-/m0/s1. The van der Waals surface area contributed by atoms with Gasteiger partial charge in [0.1, 0.15) is 0 Å². The van der Waals surface area contributed by atoms with Crippen molar-refractivity contribution in [3.05, 3.63) is 18.5 Å². The molecular formula is C14H22N4O. The summed E-state index contributed by atoms with van der Waals surface area (Å²) in [6, 6.07) is 2.90. The van der Waals surface area contributed by atoms with Crippen molar-refractivity contribution in [1.82, 2.24) is 19.6 Å². The Morgan fingerprint density at radius 3 is 2.95 bits per heavy atom. The fourth-order valence-corrected chi connectivity index (χ4v) is 2.93. The zero-order chi connectivity index (χ0) is 13.2. The van der Waals surface area contributed by atoms with Gasteiger partial charge in [-0.05, 0) is 38.8 Å². The van der Waals surface area contributed by atoms with Crippen LogP contribution in [-0.4, -0.2) is 57.7 Å². The Balaban J connectivity index is 1.57. The Morgan fingerprint density at radius 2 is 2.26 bits per heavy atom.